The highest BCUT2D eigenvalue weighted by Gasteiger charge is 2.39. The van der Waals surface area contributed by atoms with E-state index in [4.69, 9.17) is 19.2 Å². The van der Waals surface area contributed by atoms with E-state index in [1.165, 1.54) is 0 Å². The number of Topliss-reactive ketones (excluding diaryl/α,β-unsaturated/α-hetero) is 1. The maximum Gasteiger partial charge on any atom is 0.329 e. The summed E-state index contributed by atoms with van der Waals surface area (Å²) in [5.41, 5.74) is 1.26. The van der Waals surface area contributed by atoms with Crippen molar-refractivity contribution in [2.75, 3.05) is 41.4 Å². The maximum atomic E-state index is 13.6. The Balaban J connectivity index is 1.34. The number of piperidine rings is 1. The van der Waals surface area contributed by atoms with E-state index in [-0.39, 0.29) is 29.9 Å². The molecule has 2 amide bonds. The van der Waals surface area contributed by atoms with E-state index in [9.17, 15) is 9.59 Å². The average Bonchev–Trinajstić information content (AvgIpc) is 3.25. The van der Waals surface area contributed by atoms with Crippen molar-refractivity contribution in [1.82, 2.24) is 9.97 Å². The zero-order valence-corrected chi connectivity index (χ0v) is 21.9. The molecule has 3 atom stereocenters. The number of ether oxygens (including phenoxy) is 3. The third-order valence-corrected chi connectivity index (χ3v) is 7.19. The second-order valence-corrected chi connectivity index (χ2v) is 10.4. The molecule has 198 valence electrons. The molecule has 0 radical (unpaired) electrons. The number of amides is 2. The number of fused-ring (bicyclic) bond motifs is 4. The van der Waals surface area contributed by atoms with Gasteiger partial charge in [-0.3, -0.25) is 15.0 Å². The van der Waals surface area contributed by atoms with Gasteiger partial charge in [0.1, 0.15) is 30.0 Å². The van der Waals surface area contributed by atoms with Gasteiger partial charge in [-0.15, -0.1) is 0 Å². The number of hydrogen-bond donors (Lipinski definition) is 1. The fourth-order valence-electron chi connectivity index (χ4n) is 5.03. The summed E-state index contributed by atoms with van der Waals surface area (Å²) in [6.45, 7) is 10.1. The fourth-order valence-corrected chi connectivity index (χ4v) is 5.03. The van der Waals surface area contributed by atoms with Gasteiger partial charge in [0.2, 0.25) is 0 Å². The Morgan fingerprint density at radius 1 is 1.30 bits per heavy atom. The van der Waals surface area contributed by atoms with Gasteiger partial charge in [0.05, 0.1) is 18.3 Å². The van der Waals surface area contributed by atoms with Crippen molar-refractivity contribution >= 4 is 29.1 Å². The Kier molecular flexibility index (Phi) is 7.04. The molecule has 3 unspecified atom stereocenters. The van der Waals surface area contributed by atoms with Gasteiger partial charge < -0.3 is 19.1 Å². The molecule has 2 saturated heterocycles. The molecule has 0 aliphatic carbocycles. The monoisotopic (exact) mass is 509 g/mol. The van der Waals surface area contributed by atoms with E-state index in [2.05, 4.69) is 15.2 Å². The predicted octanol–water partition coefficient (Wildman–Crippen LogP) is 4.26. The molecule has 2 aromatic heterocycles. The molecule has 1 N–H and O–H groups in total. The summed E-state index contributed by atoms with van der Waals surface area (Å²) in [4.78, 5) is 39.4. The number of aromatic nitrogens is 2. The minimum absolute atomic E-state index is 0.0112. The molecule has 10 heteroatoms. The summed E-state index contributed by atoms with van der Waals surface area (Å²) in [5, 5.41) is 2.92. The van der Waals surface area contributed by atoms with Crippen LogP contribution < -0.4 is 19.9 Å². The first-order chi connectivity index (χ1) is 17.7. The summed E-state index contributed by atoms with van der Waals surface area (Å²) >= 11 is 0. The number of ketones is 1. The van der Waals surface area contributed by atoms with Crippen molar-refractivity contribution in [2.24, 2.45) is 5.92 Å². The van der Waals surface area contributed by atoms with Gasteiger partial charge in [-0.05, 0) is 51.3 Å². The minimum Gasteiger partial charge on any atom is -0.491 e. The molecular weight excluding hydrogens is 474 g/mol. The van der Waals surface area contributed by atoms with E-state index in [0.29, 0.717) is 36.3 Å². The highest BCUT2D eigenvalue weighted by Crippen LogP contribution is 2.38. The lowest BCUT2D eigenvalue weighted by molar-refractivity contribution is -0.141. The van der Waals surface area contributed by atoms with Crippen LogP contribution in [-0.2, 0) is 9.47 Å². The third-order valence-electron chi connectivity index (χ3n) is 7.19. The molecule has 5 rings (SSSR count). The number of anilines is 3. The van der Waals surface area contributed by atoms with E-state index in [1.54, 1.807) is 29.3 Å². The Morgan fingerprint density at radius 2 is 2.14 bits per heavy atom. The van der Waals surface area contributed by atoms with Crippen LogP contribution in [0.4, 0.5) is 22.1 Å². The lowest BCUT2D eigenvalue weighted by atomic mass is 9.98. The first-order valence-electron chi connectivity index (χ1n) is 13.0. The molecule has 0 aromatic carbocycles. The number of carbonyl (C=O) groups is 2. The van der Waals surface area contributed by atoms with E-state index in [0.717, 1.165) is 38.0 Å². The average molecular weight is 510 g/mol. The predicted molar refractivity (Wildman–Crippen MR) is 139 cm³/mol. The first kappa shape index (κ1) is 25.4. The number of carbonyl (C=O) groups excluding carboxylic acids is 2. The quantitative estimate of drug-likeness (QED) is 0.552. The van der Waals surface area contributed by atoms with Crippen LogP contribution in [0.3, 0.4) is 0 Å². The van der Waals surface area contributed by atoms with Crippen molar-refractivity contribution in [3.05, 3.63) is 36.2 Å². The second-order valence-electron chi connectivity index (χ2n) is 10.4. The van der Waals surface area contributed by atoms with Gasteiger partial charge in [-0.1, -0.05) is 13.8 Å². The minimum atomic E-state index is -0.613. The molecule has 2 aromatic rings. The maximum absolute atomic E-state index is 13.6. The molecular formula is C27H35N5O5. The van der Waals surface area contributed by atoms with Crippen LogP contribution in [0.1, 0.15) is 57.4 Å². The SMILES string of the molecule is CCC(C)C(=O)c1ccc2c(n1)N(C(=O)Nc1cc(OCC3COC(C)(C)O3)ccn1)C1CCCN2C1. The van der Waals surface area contributed by atoms with Crippen LogP contribution in [0.15, 0.2) is 30.5 Å². The van der Waals surface area contributed by atoms with Crippen LogP contribution in [0, 0.1) is 5.92 Å². The second kappa shape index (κ2) is 10.3. The highest BCUT2D eigenvalue weighted by atomic mass is 16.7. The summed E-state index contributed by atoms with van der Waals surface area (Å²) in [7, 11) is 0. The zero-order chi connectivity index (χ0) is 26.2. The van der Waals surface area contributed by atoms with E-state index < -0.39 is 5.79 Å². The van der Waals surface area contributed by atoms with Crippen LogP contribution >= 0.6 is 0 Å². The summed E-state index contributed by atoms with van der Waals surface area (Å²) < 4.78 is 17.3. The smallest absolute Gasteiger partial charge is 0.329 e. The molecule has 2 bridgehead atoms. The Bertz CT molecular complexity index is 1170. The van der Waals surface area contributed by atoms with E-state index >= 15 is 0 Å². The number of nitrogens with one attached hydrogen (secondary N) is 1. The van der Waals surface area contributed by atoms with Crippen LogP contribution in [0.25, 0.3) is 0 Å². The number of pyridine rings is 2. The van der Waals surface area contributed by atoms with Gasteiger partial charge in [0, 0.05) is 31.3 Å². The molecule has 37 heavy (non-hydrogen) atoms. The summed E-state index contributed by atoms with van der Waals surface area (Å²) in [5.74, 6) is 0.714. The van der Waals surface area contributed by atoms with Crippen molar-refractivity contribution < 1.29 is 23.8 Å². The standard InChI is InChI=1S/C27H35N5O5/c1-5-17(2)24(33)21-8-9-22-25(29-21)32(18-7-6-12-31(22)14-18)26(34)30-23-13-19(10-11-28-23)35-15-20-16-36-27(3,4)37-20/h8-11,13,17-18,20H,5-7,12,14-16H2,1-4H3,(H,28,30,34). The number of nitrogens with zero attached hydrogens (tertiary/aromatic N) is 4. The molecule has 10 nitrogen and oxygen atoms in total. The van der Waals surface area contributed by atoms with Gasteiger partial charge in [-0.2, -0.15) is 0 Å². The van der Waals surface area contributed by atoms with Gasteiger partial charge >= 0.3 is 6.03 Å². The molecule has 2 fully saturated rings. The van der Waals surface area contributed by atoms with Crippen LogP contribution in [0.2, 0.25) is 0 Å². The third kappa shape index (κ3) is 5.40. The Morgan fingerprint density at radius 3 is 2.89 bits per heavy atom. The molecule has 5 heterocycles. The molecule has 3 aliphatic rings. The first-order valence-corrected chi connectivity index (χ1v) is 13.0. The molecule has 3 aliphatic heterocycles. The lowest BCUT2D eigenvalue weighted by Crippen LogP contribution is -2.56. The lowest BCUT2D eigenvalue weighted by Gasteiger charge is -2.45. The fraction of sp³-hybridized carbons (Fsp3) is 0.556. The number of urea groups is 1. The highest BCUT2D eigenvalue weighted by molar-refractivity contribution is 6.05. The Hall–Kier alpha value is -3.24. The summed E-state index contributed by atoms with van der Waals surface area (Å²) in [6, 6.07) is 6.76. The molecule has 0 saturated carbocycles. The van der Waals surface area contributed by atoms with Crippen molar-refractivity contribution in [2.45, 2.75) is 64.9 Å². The zero-order valence-electron chi connectivity index (χ0n) is 21.9. The van der Waals surface area contributed by atoms with Gasteiger partial charge in [-0.25, -0.2) is 14.8 Å². The van der Waals surface area contributed by atoms with Crippen LogP contribution in [-0.4, -0.2) is 66.0 Å². The van der Waals surface area contributed by atoms with Gasteiger partial charge in [0.25, 0.3) is 0 Å². The molecule has 0 spiro atoms. The Labute approximate surface area is 217 Å². The normalized spacial score (nSPS) is 22.8. The van der Waals surface area contributed by atoms with E-state index in [1.807, 2.05) is 33.8 Å². The van der Waals surface area contributed by atoms with Gasteiger partial charge in [0.15, 0.2) is 17.4 Å². The summed E-state index contributed by atoms with van der Waals surface area (Å²) in [6.07, 6.45) is 4.00. The number of rotatable bonds is 7. The van der Waals surface area contributed by atoms with Crippen molar-refractivity contribution in [1.29, 1.82) is 0 Å². The van der Waals surface area contributed by atoms with Crippen molar-refractivity contribution in [3.8, 4) is 5.75 Å². The van der Waals surface area contributed by atoms with Crippen molar-refractivity contribution in [3.63, 3.8) is 0 Å². The topological polar surface area (TPSA) is 106 Å². The number of hydrogen-bond acceptors (Lipinski definition) is 8. The largest absolute Gasteiger partial charge is 0.491 e. The van der Waals surface area contributed by atoms with Crippen LogP contribution in [0.5, 0.6) is 5.75 Å².